The molecule has 2 N–H and O–H groups in total. The van der Waals surface area contributed by atoms with Gasteiger partial charge < -0.3 is 4.42 Å². The van der Waals surface area contributed by atoms with Gasteiger partial charge in [-0.15, -0.1) is 11.3 Å². The molecule has 0 aliphatic carbocycles. The lowest BCUT2D eigenvalue weighted by Crippen LogP contribution is -2.51. The van der Waals surface area contributed by atoms with Crippen molar-refractivity contribution in [2.24, 2.45) is 0 Å². The quantitative estimate of drug-likeness (QED) is 0.754. The molecule has 134 valence electrons. The summed E-state index contributed by atoms with van der Waals surface area (Å²) in [5, 5.41) is 0. The Hall–Kier alpha value is -1.88. The number of halogens is 1. The first-order valence-corrected chi connectivity index (χ1v) is 9.94. The van der Waals surface area contributed by atoms with Gasteiger partial charge in [-0.05, 0) is 37.1 Å². The average molecular weight is 404 g/mol. The monoisotopic (exact) mass is 403 g/mol. The zero-order valence-electron chi connectivity index (χ0n) is 12.8. The van der Waals surface area contributed by atoms with Crippen LogP contribution in [0.5, 0.6) is 0 Å². The number of hydrazine groups is 1. The van der Waals surface area contributed by atoms with Crippen LogP contribution in [0.25, 0.3) is 0 Å². The number of carbonyl (C=O) groups excluding carboxylic acids is 2. The van der Waals surface area contributed by atoms with Crippen molar-refractivity contribution in [1.82, 2.24) is 15.2 Å². The molecule has 2 aromatic rings. The average Bonchev–Trinajstić information content (AvgIpc) is 3.31. The van der Waals surface area contributed by atoms with Gasteiger partial charge in [-0.1, -0.05) is 11.6 Å². The van der Waals surface area contributed by atoms with Crippen LogP contribution in [0.15, 0.2) is 39.2 Å². The number of hydrogen-bond acceptors (Lipinski definition) is 6. The number of hydrogen-bond donors (Lipinski definition) is 2. The van der Waals surface area contributed by atoms with Crippen molar-refractivity contribution >= 4 is 44.8 Å². The van der Waals surface area contributed by atoms with Crippen LogP contribution in [0.1, 0.15) is 23.4 Å². The minimum atomic E-state index is -3.82. The van der Waals surface area contributed by atoms with Gasteiger partial charge in [0.05, 0.1) is 10.6 Å². The molecule has 1 aliphatic rings. The smallest absolute Gasteiger partial charge is 0.305 e. The van der Waals surface area contributed by atoms with E-state index >= 15 is 0 Å². The zero-order chi connectivity index (χ0) is 18.0. The Morgan fingerprint density at radius 2 is 2.08 bits per heavy atom. The molecule has 2 amide bonds. The summed E-state index contributed by atoms with van der Waals surface area (Å²) >= 11 is 6.74. The third-order valence-corrected chi connectivity index (χ3v) is 7.27. The van der Waals surface area contributed by atoms with Crippen molar-refractivity contribution in [1.29, 1.82) is 0 Å². The number of carbonyl (C=O) groups is 2. The van der Waals surface area contributed by atoms with Gasteiger partial charge in [0, 0.05) is 6.54 Å². The summed E-state index contributed by atoms with van der Waals surface area (Å²) in [5.41, 5.74) is 4.45. The fourth-order valence-corrected chi connectivity index (χ4v) is 5.78. The molecule has 1 unspecified atom stereocenters. The lowest BCUT2D eigenvalue weighted by Gasteiger charge is -2.22. The summed E-state index contributed by atoms with van der Waals surface area (Å²) in [5.74, 6) is -1.20. The number of sulfonamides is 1. The molecule has 11 heteroatoms. The first-order chi connectivity index (χ1) is 11.9. The molecular formula is C14H14ClN3O5S2. The third-order valence-electron chi connectivity index (χ3n) is 3.66. The van der Waals surface area contributed by atoms with Gasteiger partial charge in [0.2, 0.25) is 0 Å². The highest BCUT2D eigenvalue weighted by Gasteiger charge is 2.40. The lowest BCUT2D eigenvalue weighted by atomic mass is 10.2. The van der Waals surface area contributed by atoms with Crippen LogP contribution in [0.3, 0.4) is 0 Å². The fraction of sp³-hybridized carbons (Fsp3) is 0.286. The Morgan fingerprint density at radius 3 is 2.72 bits per heavy atom. The SMILES string of the molecule is O=C(NNC(=O)C1CCCN1S(=O)(=O)c1ccc(Cl)s1)c1ccco1. The van der Waals surface area contributed by atoms with E-state index in [1.54, 1.807) is 0 Å². The van der Waals surface area contributed by atoms with Crippen molar-refractivity contribution in [3.8, 4) is 0 Å². The van der Waals surface area contributed by atoms with E-state index in [4.69, 9.17) is 16.0 Å². The molecule has 25 heavy (non-hydrogen) atoms. The molecule has 2 aromatic heterocycles. The Kier molecular flexibility index (Phi) is 5.13. The topological polar surface area (TPSA) is 109 Å². The van der Waals surface area contributed by atoms with Crippen LogP contribution in [0.2, 0.25) is 4.34 Å². The molecule has 8 nitrogen and oxygen atoms in total. The maximum Gasteiger partial charge on any atom is 0.305 e. The number of amides is 2. The van der Waals surface area contributed by atoms with Gasteiger partial charge in [-0.2, -0.15) is 4.31 Å². The molecule has 3 heterocycles. The molecule has 1 atom stereocenters. The Morgan fingerprint density at radius 1 is 1.28 bits per heavy atom. The predicted molar refractivity (Wildman–Crippen MR) is 90.6 cm³/mol. The van der Waals surface area contributed by atoms with Crippen molar-refractivity contribution in [3.63, 3.8) is 0 Å². The van der Waals surface area contributed by atoms with E-state index in [0.717, 1.165) is 15.6 Å². The number of furan rings is 1. The molecule has 1 aliphatic heterocycles. The normalized spacial score (nSPS) is 18.2. The summed E-state index contributed by atoms with van der Waals surface area (Å²) in [4.78, 5) is 24.1. The predicted octanol–water partition coefficient (Wildman–Crippen LogP) is 1.61. The van der Waals surface area contributed by atoms with Gasteiger partial charge in [0.25, 0.3) is 15.9 Å². The van der Waals surface area contributed by atoms with Crippen molar-refractivity contribution in [2.45, 2.75) is 23.1 Å². The summed E-state index contributed by atoms with van der Waals surface area (Å²) < 4.78 is 31.8. The molecule has 0 spiro atoms. The van der Waals surface area contributed by atoms with Crippen LogP contribution in [0, 0.1) is 0 Å². The molecular weight excluding hydrogens is 390 g/mol. The van der Waals surface area contributed by atoms with Gasteiger partial charge >= 0.3 is 5.91 Å². The van der Waals surface area contributed by atoms with Crippen LogP contribution in [-0.2, 0) is 14.8 Å². The second-order valence-electron chi connectivity index (χ2n) is 5.25. The highest BCUT2D eigenvalue weighted by Crippen LogP contribution is 2.32. The number of thiophene rings is 1. The molecule has 0 aromatic carbocycles. The minimum absolute atomic E-state index is 0.0319. The first-order valence-electron chi connectivity index (χ1n) is 7.30. The van der Waals surface area contributed by atoms with E-state index in [2.05, 4.69) is 10.9 Å². The summed E-state index contributed by atoms with van der Waals surface area (Å²) in [6.07, 6.45) is 2.23. The Labute approximate surface area is 152 Å². The largest absolute Gasteiger partial charge is 0.459 e. The van der Waals surface area contributed by atoms with E-state index in [9.17, 15) is 18.0 Å². The molecule has 1 saturated heterocycles. The van der Waals surface area contributed by atoms with Gasteiger partial charge in [0.1, 0.15) is 10.3 Å². The highest BCUT2D eigenvalue weighted by molar-refractivity contribution is 7.91. The van der Waals surface area contributed by atoms with Crippen molar-refractivity contribution in [3.05, 3.63) is 40.6 Å². The van der Waals surface area contributed by atoms with Gasteiger partial charge in [-0.3, -0.25) is 20.4 Å². The van der Waals surface area contributed by atoms with E-state index in [-0.39, 0.29) is 16.5 Å². The lowest BCUT2D eigenvalue weighted by molar-refractivity contribution is -0.125. The zero-order valence-corrected chi connectivity index (χ0v) is 15.2. The number of rotatable bonds is 4. The summed E-state index contributed by atoms with van der Waals surface area (Å²) in [7, 11) is -3.82. The van der Waals surface area contributed by atoms with Crippen molar-refractivity contribution in [2.75, 3.05) is 6.54 Å². The van der Waals surface area contributed by atoms with E-state index in [0.29, 0.717) is 17.2 Å². The van der Waals surface area contributed by atoms with Gasteiger partial charge in [0.15, 0.2) is 5.76 Å². The van der Waals surface area contributed by atoms with Gasteiger partial charge in [-0.25, -0.2) is 8.42 Å². The van der Waals surface area contributed by atoms with Crippen LogP contribution >= 0.6 is 22.9 Å². The van der Waals surface area contributed by atoms with Crippen LogP contribution in [0.4, 0.5) is 0 Å². The van der Waals surface area contributed by atoms with E-state index in [1.807, 2.05) is 0 Å². The van der Waals surface area contributed by atoms with E-state index in [1.165, 1.54) is 30.5 Å². The second kappa shape index (κ2) is 7.16. The maximum atomic E-state index is 12.7. The molecule has 0 radical (unpaired) electrons. The standard InChI is InChI=1S/C14H14ClN3O5S2/c15-11-5-6-12(24-11)25(21,22)18-7-1-3-9(18)13(19)16-17-14(20)10-4-2-8-23-10/h2,4-6,8-9H,1,3,7H2,(H,16,19)(H,17,20). The minimum Gasteiger partial charge on any atom is -0.459 e. The number of nitrogens with zero attached hydrogens (tertiary/aromatic N) is 1. The van der Waals surface area contributed by atoms with E-state index < -0.39 is 27.9 Å². The maximum absolute atomic E-state index is 12.7. The fourth-order valence-electron chi connectivity index (χ4n) is 2.51. The van der Waals surface area contributed by atoms with Crippen molar-refractivity contribution < 1.29 is 22.4 Å². The Bertz CT molecular complexity index is 878. The second-order valence-corrected chi connectivity index (χ2v) is 9.09. The Balaban J connectivity index is 1.68. The molecule has 0 bridgehead atoms. The third kappa shape index (κ3) is 3.71. The molecule has 3 rings (SSSR count). The molecule has 1 fully saturated rings. The first kappa shape index (κ1) is 17.9. The number of nitrogens with one attached hydrogen (secondary N) is 2. The van der Waals surface area contributed by atoms with Crippen LogP contribution in [-0.4, -0.2) is 37.1 Å². The molecule has 0 saturated carbocycles. The highest BCUT2D eigenvalue weighted by atomic mass is 35.5. The van der Waals surface area contributed by atoms with Crippen LogP contribution < -0.4 is 10.9 Å². The summed E-state index contributed by atoms with van der Waals surface area (Å²) in [6, 6.07) is 4.98. The summed E-state index contributed by atoms with van der Waals surface area (Å²) in [6.45, 7) is 0.224.